The molecule has 5 heteroatoms. The van der Waals surface area contributed by atoms with Crippen LogP contribution < -0.4 is 5.32 Å². The van der Waals surface area contributed by atoms with E-state index in [1.165, 1.54) is 0 Å². The summed E-state index contributed by atoms with van der Waals surface area (Å²) in [6.45, 7) is 6.38. The first-order valence-corrected chi connectivity index (χ1v) is 12.2. The Morgan fingerprint density at radius 3 is 2.21 bits per heavy atom. The molecule has 178 valence electrons. The van der Waals surface area contributed by atoms with Crippen LogP contribution in [0, 0.1) is 6.92 Å². The normalized spacial score (nSPS) is 12.6. The average molecular weight is 477 g/mol. The summed E-state index contributed by atoms with van der Waals surface area (Å²) in [5.41, 5.74) is 3.88. The molecule has 0 heterocycles. The van der Waals surface area contributed by atoms with Crippen molar-refractivity contribution in [3.63, 3.8) is 0 Å². The average Bonchev–Trinajstić information content (AvgIpc) is 2.84. The minimum Gasteiger partial charge on any atom is -0.352 e. The van der Waals surface area contributed by atoms with Crippen molar-refractivity contribution in [2.24, 2.45) is 0 Å². The first-order valence-electron chi connectivity index (χ1n) is 11.8. The van der Waals surface area contributed by atoms with Gasteiger partial charge in [0.2, 0.25) is 11.8 Å². The van der Waals surface area contributed by atoms with Gasteiger partial charge in [-0.25, -0.2) is 0 Å². The third kappa shape index (κ3) is 7.19. The molecule has 0 spiro atoms. The minimum atomic E-state index is -0.646. The van der Waals surface area contributed by atoms with Gasteiger partial charge >= 0.3 is 0 Å². The summed E-state index contributed by atoms with van der Waals surface area (Å²) in [5.74, 6) is -0.272. The van der Waals surface area contributed by atoms with Crippen LogP contribution in [0.25, 0.3) is 0 Å². The van der Waals surface area contributed by atoms with E-state index in [2.05, 4.69) is 5.32 Å². The minimum absolute atomic E-state index is 0.0191. The predicted octanol–water partition coefficient (Wildman–Crippen LogP) is 5.75. The molecule has 0 saturated heterocycles. The van der Waals surface area contributed by atoms with Gasteiger partial charge in [-0.3, -0.25) is 9.59 Å². The molecule has 0 aliphatic rings. The van der Waals surface area contributed by atoms with Crippen LogP contribution in [0.15, 0.2) is 78.9 Å². The maximum Gasteiger partial charge on any atom is 0.243 e. The van der Waals surface area contributed by atoms with Gasteiger partial charge in [-0.2, -0.15) is 0 Å². The molecule has 0 fully saturated rings. The van der Waals surface area contributed by atoms with Crippen LogP contribution in [0.2, 0.25) is 5.02 Å². The lowest BCUT2D eigenvalue weighted by Gasteiger charge is -2.32. The Balaban J connectivity index is 1.97. The number of benzene rings is 3. The largest absolute Gasteiger partial charge is 0.352 e. The van der Waals surface area contributed by atoms with Crippen molar-refractivity contribution in [3.8, 4) is 0 Å². The zero-order valence-corrected chi connectivity index (χ0v) is 20.9. The number of nitrogens with zero attached hydrogens (tertiary/aromatic N) is 1. The van der Waals surface area contributed by atoms with E-state index in [1.54, 1.807) is 11.0 Å². The molecule has 0 bridgehead atoms. The molecule has 34 heavy (non-hydrogen) atoms. The number of hydrogen-bond donors (Lipinski definition) is 1. The highest BCUT2D eigenvalue weighted by molar-refractivity contribution is 6.31. The van der Waals surface area contributed by atoms with E-state index >= 15 is 0 Å². The number of carbonyl (C=O) groups excluding carboxylic acids is 2. The van der Waals surface area contributed by atoms with Gasteiger partial charge in [0.1, 0.15) is 6.04 Å². The van der Waals surface area contributed by atoms with Crippen molar-refractivity contribution < 1.29 is 9.59 Å². The highest BCUT2D eigenvalue weighted by Gasteiger charge is 2.31. The molecule has 3 rings (SSSR count). The van der Waals surface area contributed by atoms with Crippen LogP contribution in [-0.4, -0.2) is 28.8 Å². The summed E-state index contributed by atoms with van der Waals surface area (Å²) < 4.78 is 0. The molecule has 2 atom stereocenters. The Hall–Kier alpha value is -3.11. The van der Waals surface area contributed by atoms with Crippen molar-refractivity contribution in [2.75, 3.05) is 0 Å². The summed E-state index contributed by atoms with van der Waals surface area (Å²) in [7, 11) is 0. The lowest BCUT2D eigenvalue weighted by atomic mass is 10.0. The number of halogens is 1. The second kappa shape index (κ2) is 12.4. The van der Waals surface area contributed by atoms with E-state index in [9.17, 15) is 9.59 Å². The molecule has 0 saturated carbocycles. The maximum absolute atomic E-state index is 13.7. The summed E-state index contributed by atoms with van der Waals surface area (Å²) in [6, 6.07) is 24.6. The van der Waals surface area contributed by atoms with Crippen molar-refractivity contribution >= 4 is 23.4 Å². The molecule has 4 nitrogen and oxygen atoms in total. The third-order valence-electron chi connectivity index (χ3n) is 6.05. The smallest absolute Gasteiger partial charge is 0.243 e. The SMILES string of the molecule is CC[C@@H](C)NC(=O)[C@@H](Cc1ccccc1)N(Cc1ccc(C)cc1)C(=O)Cc1ccccc1Cl. The predicted molar refractivity (Wildman–Crippen MR) is 139 cm³/mol. The van der Waals surface area contributed by atoms with Gasteiger partial charge in [-0.1, -0.05) is 96.9 Å². The van der Waals surface area contributed by atoms with Crippen molar-refractivity contribution in [1.29, 1.82) is 0 Å². The second-order valence-electron chi connectivity index (χ2n) is 8.80. The first kappa shape index (κ1) is 25.5. The van der Waals surface area contributed by atoms with E-state index in [-0.39, 0.29) is 24.3 Å². The Morgan fingerprint density at radius 2 is 1.56 bits per heavy atom. The fourth-order valence-electron chi connectivity index (χ4n) is 3.79. The molecular formula is C29H33ClN2O2. The standard InChI is InChI=1S/C29H33ClN2O2/c1-4-22(3)31-29(34)27(18-23-10-6-5-7-11-23)32(20-24-16-14-21(2)15-17-24)28(33)19-25-12-8-9-13-26(25)30/h5-17,22,27H,4,18-20H2,1-3H3,(H,31,34)/t22-,27-/m1/s1. The number of nitrogens with one attached hydrogen (secondary N) is 1. The fourth-order valence-corrected chi connectivity index (χ4v) is 3.99. The van der Waals surface area contributed by atoms with E-state index < -0.39 is 6.04 Å². The lowest BCUT2D eigenvalue weighted by Crippen LogP contribution is -2.52. The second-order valence-corrected chi connectivity index (χ2v) is 9.21. The van der Waals surface area contributed by atoms with Crippen LogP contribution in [-0.2, 0) is 29.0 Å². The molecule has 2 amide bonds. The van der Waals surface area contributed by atoms with Gasteiger partial charge in [-0.15, -0.1) is 0 Å². The van der Waals surface area contributed by atoms with Crippen molar-refractivity contribution in [1.82, 2.24) is 10.2 Å². The van der Waals surface area contributed by atoms with Gasteiger partial charge in [0.05, 0.1) is 6.42 Å². The van der Waals surface area contributed by atoms with E-state index in [4.69, 9.17) is 11.6 Å². The number of carbonyl (C=O) groups is 2. The summed E-state index contributed by atoms with van der Waals surface area (Å²) in [4.78, 5) is 28.9. The Morgan fingerprint density at radius 1 is 0.912 bits per heavy atom. The zero-order chi connectivity index (χ0) is 24.5. The Bertz CT molecular complexity index is 1080. The molecular weight excluding hydrogens is 444 g/mol. The van der Waals surface area contributed by atoms with Crippen LogP contribution in [0.3, 0.4) is 0 Å². The molecule has 0 aliphatic heterocycles. The van der Waals surface area contributed by atoms with Crippen molar-refractivity contribution in [3.05, 3.63) is 106 Å². The van der Waals surface area contributed by atoms with Gasteiger partial charge in [0, 0.05) is 24.0 Å². The molecule has 3 aromatic rings. The van der Waals surface area contributed by atoms with Gasteiger partial charge in [0.25, 0.3) is 0 Å². The molecule has 0 aliphatic carbocycles. The van der Waals surface area contributed by atoms with Crippen LogP contribution in [0.5, 0.6) is 0 Å². The summed E-state index contributed by atoms with van der Waals surface area (Å²) in [6.07, 6.45) is 1.38. The Kier molecular flexibility index (Phi) is 9.29. The number of rotatable bonds is 10. The quantitative estimate of drug-likeness (QED) is 0.405. The van der Waals surface area contributed by atoms with Crippen LogP contribution >= 0.6 is 11.6 Å². The van der Waals surface area contributed by atoms with Gasteiger partial charge < -0.3 is 10.2 Å². The van der Waals surface area contributed by atoms with Crippen molar-refractivity contribution in [2.45, 2.75) is 58.7 Å². The third-order valence-corrected chi connectivity index (χ3v) is 6.41. The summed E-state index contributed by atoms with van der Waals surface area (Å²) in [5, 5.41) is 3.65. The fraction of sp³-hybridized carbons (Fsp3) is 0.310. The van der Waals surface area contributed by atoms with E-state index in [1.807, 2.05) is 93.6 Å². The van der Waals surface area contributed by atoms with Crippen LogP contribution in [0.1, 0.15) is 42.5 Å². The van der Waals surface area contributed by atoms with Gasteiger partial charge in [-0.05, 0) is 43.0 Å². The summed E-state index contributed by atoms with van der Waals surface area (Å²) >= 11 is 6.36. The number of amides is 2. The van der Waals surface area contributed by atoms with E-state index in [0.717, 1.165) is 28.7 Å². The topological polar surface area (TPSA) is 49.4 Å². The lowest BCUT2D eigenvalue weighted by molar-refractivity contribution is -0.141. The highest BCUT2D eigenvalue weighted by atomic mass is 35.5. The monoisotopic (exact) mass is 476 g/mol. The first-order chi connectivity index (χ1) is 16.4. The van der Waals surface area contributed by atoms with Gasteiger partial charge in [0.15, 0.2) is 0 Å². The molecule has 0 unspecified atom stereocenters. The van der Waals surface area contributed by atoms with Crippen LogP contribution in [0.4, 0.5) is 0 Å². The molecule has 1 N–H and O–H groups in total. The molecule has 0 radical (unpaired) electrons. The van der Waals surface area contributed by atoms with E-state index in [0.29, 0.717) is 18.0 Å². The Labute approximate surface area is 207 Å². The molecule has 0 aromatic heterocycles. The molecule has 3 aromatic carbocycles. The maximum atomic E-state index is 13.7. The number of hydrogen-bond acceptors (Lipinski definition) is 2. The number of aryl methyl sites for hydroxylation is 1. The highest BCUT2D eigenvalue weighted by Crippen LogP contribution is 2.20. The zero-order valence-electron chi connectivity index (χ0n) is 20.1.